The standard InChI is InChI=1S/C10H6Cl2N2O/c11-8-3-7(4-9(12)5-8)1-2-10(15)14-6-13/h1-5H,(H,14,15). The van der Waals surface area contributed by atoms with Crippen molar-refractivity contribution in [2.45, 2.75) is 0 Å². The number of halogens is 2. The maximum atomic E-state index is 10.9. The minimum atomic E-state index is -0.492. The van der Waals surface area contributed by atoms with Gasteiger partial charge >= 0.3 is 0 Å². The summed E-state index contributed by atoms with van der Waals surface area (Å²) in [6, 6.07) is 4.91. The van der Waals surface area contributed by atoms with Gasteiger partial charge in [0.15, 0.2) is 6.19 Å². The van der Waals surface area contributed by atoms with Gasteiger partial charge in [-0.05, 0) is 29.8 Å². The molecule has 0 aliphatic heterocycles. The molecule has 1 amide bonds. The van der Waals surface area contributed by atoms with Gasteiger partial charge in [0.2, 0.25) is 0 Å². The van der Waals surface area contributed by atoms with Gasteiger partial charge in [-0.1, -0.05) is 23.2 Å². The maximum absolute atomic E-state index is 10.9. The Labute approximate surface area is 96.9 Å². The van der Waals surface area contributed by atoms with E-state index in [-0.39, 0.29) is 0 Å². The van der Waals surface area contributed by atoms with E-state index < -0.39 is 5.91 Å². The van der Waals surface area contributed by atoms with Crippen LogP contribution in [0, 0.1) is 11.5 Å². The van der Waals surface area contributed by atoms with Gasteiger partial charge in [-0.15, -0.1) is 0 Å². The smallest absolute Gasteiger partial charge is 0.256 e. The van der Waals surface area contributed by atoms with E-state index in [9.17, 15) is 4.79 Å². The predicted octanol–water partition coefficient (Wildman–Crippen LogP) is 2.60. The van der Waals surface area contributed by atoms with Gasteiger partial charge in [-0.25, -0.2) is 0 Å². The highest BCUT2D eigenvalue weighted by Gasteiger charge is 1.96. The molecule has 1 rings (SSSR count). The van der Waals surface area contributed by atoms with Gasteiger partial charge in [0, 0.05) is 16.1 Å². The Morgan fingerprint density at radius 3 is 2.47 bits per heavy atom. The fraction of sp³-hybridized carbons (Fsp3) is 0. The van der Waals surface area contributed by atoms with Crippen LogP contribution in [0.5, 0.6) is 0 Å². The van der Waals surface area contributed by atoms with E-state index in [0.717, 1.165) is 0 Å². The van der Waals surface area contributed by atoms with Crippen LogP contribution in [-0.4, -0.2) is 5.91 Å². The lowest BCUT2D eigenvalue weighted by Crippen LogP contribution is -2.13. The van der Waals surface area contributed by atoms with Crippen LogP contribution < -0.4 is 5.32 Å². The predicted molar refractivity (Wildman–Crippen MR) is 59.3 cm³/mol. The summed E-state index contributed by atoms with van der Waals surface area (Å²) in [6.07, 6.45) is 4.27. The second kappa shape index (κ2) is 5.40. The lowest BCUT2D eigenvalue weighted by Gasteiger charge is -1.96. The summed E-state index contributed by atoms with van der Waals surface area (Å²) >= 11 is 11.5. The summed E-state index contributed by atoms with van der Waals surface area (Å²) in [4.78, 5) is 10.9. The first-order valence-electron chi connectivity index (χ1n) is 3.95. The third kappa shape index (κ3) is 4.03. The number of nitriles is 1. The van der Waals surface area contributed by atoms with E-state index in [4.69, 9.17) is 28.5 Å². The molecule has 0 bridgehead atoms. The molecule has 5 heteroatoms. The van der Waals surface area contributed by atoms with E-state index in [1.54, 1.807) is 18.2 Å². The Balaban J connectivity index is 2.81. The highest BCUT2D eigenvalue weighted by atomic mass is 35.5. The molecular formula is C10H6Cl2N2O. The molecule has 0 saturated carbocycles. The Morgan fingerprint density at radius 1 is 1.33 bits per heavy atom. The Bertz CT molecular complexity index is 429. The van der Waals surface area contributed by atoms with Crippen molar-refractivity contribution in [2.75, 3.05) is 0 Å². The third-order valence-electron chi connectivity index (χ3n) is 1.49. The molecule has 0 heterocycles. The van der Waals surface area contributed by atoms with Crippen molar-refractivity contribution in [3.63, 3.8) is 0 Å². The van der Waals surface area contributed by atoms with E-state index >= 15 is 0 Å². The molecular weight excluding hydrogens is 235 g/mol. The van der Waals surface area contributed by atoms with Crippen molar-refractivity contribution in [1.82, 2.24) is 5.32 Å². The zero-order chi connectivity index (χ0) is 11.3. The zero-order valence-electron chi connectivity index (χ0n) is 7.50. The molecule has 15 heavy (non-hydrogen) atoms. The largest absolute Gasteiger partial charge is 0.269 e. The highest BCUT2D eigenvalue weighted by molar-refractivity contribution is 6.34. The number of rotatable bonds is 2. The number of carbonyl (C=O) groups excluding carboxylic acids is 1. The topological polar surface area (TPSA) is 52.9 Å². The summed E-state index contributed by atoms with van der Waals surface area (Å²) in [7, 11) is 0. The highest BCUT2D eigenvalue weighted by Crippen LogP contribution is 2.19. The fourth-order valence-corrected chi connectivity index (χ4v) is 1.48. The average molecular weight is 241 g/mol. The van der Waals surface area contributed by atoms with Gasteiger partial charge < -0.3 is 0 Å². The fourth-order valence-electron chi connectivity index (χ4n) is 0.940. The van der Waals surface area contributed by atoms with Gasteiger partial charge in [-0.3, -0.25) is 10.1 Å². The normalized spacial score (nSPS) is 9.93. The summed E-state index contributed by atoms with van der Waals surface area (Å²) in [5.74, 6) is -0.492. The molecule has 0 fully saturated rings. The molecule has 3 nitrogen and oxygen atoms in total. The van der Waals surface area contributed by atoms with E-state index in [1.807, 2.05) is 5.32 Å². The first-order chi connectivity index (χ1) is 7.11. The summed E-state index contributed by atoms with van der Waals surface area (Å²) in [5, 5.41) is 11.1. The molecule has 0 radical (unpaired) electrons. The number of hydrogen-bond donors (Lipinski definition) is 1. The van der Waals surface area contributed by atoms with Crippen molar-refractivity contribution >= 4 is 35.2 Å². The van der Waals surface area contributed by atoms with Crippen LogP contribution in [0.1, 0.15) is 5.56 Å². The number of benzene rings is 1. The van der Waals surface area contributed by atoms with Crippen LogP contribution in [0.25, 0.3) is 6.08 Å². The molecule has 0 atom stereocenters. The first-order valence-corrected chi connectivity index (χ1v) is 4.70. The number of hydrogen-bond acceptors (Lipinski definition) is 2. The molecule has 0 saturated heterocycles. The lowest BCUT2D eigenvalue weighted by molar-refractivity contribution is -0.115. The third-order valence-corrected chi connectivity index (χ3v) is 1.93. The van der Waals surface area contributed by atoms with Crippen molar-refractivity contribution in [3.05, 3.63) is 39.9 Å². The van der Waals surface area contributed by atoms with E-state index in [0.29, 0.717) is 15.6 Å². The summed E-state index contributed by atoms with van der Waals surface area (Å²) in [5.41, 5.74) is 0.695. The average Bonchev–Trinajstić information content (AvgIpc) is 2.14. The molecule has 0 aromatic heterocycles. The van der Waals surface area contributed by atoms with Gasteiger partial charge in [0.25, 0.3) is 5.91 Å². The summed E-state index contributed by atoms with van der Waals surface area (Å²) < 4.78 is 0. The number of carbonyl (C=O) groups is 1. The lowest BCUT2D eigenvalue weighted by atomic mass is 10.2. The van der Waals surface area contributed by atoms with Crippen LogP contribution in [0.3, 0.4) is 0 Å². The molecule has 1 aromatic rings. The summed E-state index contributed by atoms with van der Waals surface area (Å²) in [6.45, 7) is 0. The van der Waals surface area contributed by atoms with Crippen LogP contribution in [0.4, 0.5) is 0 Å². The SMILES string of the molecule is N#CNC(=O)C=Cc1cc(Cl)cc(Cl)c1. The van der Waals surface area contributed by atoms with Gasteiger partial charge in [-0.2, -0.15) is 5.26 Å². The number of nitrogens with zero attached hydrogens (tertiary/aromatic N) is 1. The quantitative estimate of drug-likeness (QED) is 0.491. The van der Waals surface area contributed by atoms with Crippen molar-refractivity contribution < 1.29 is 4.79 Å². The minimum absolute atomic E-state index is 0.489. The monoisotopic (exact) mass is 240 g/mol. The van der Waals surface area contributed by atoms with Crippen LogP contribution >= 0.6 is 23.2 Å². The Morgan fingerprint density at radius 2 is 1.93 bits per heavy atom. The van der Waals surface area contributed by atoms with E-state index in [1.165, 1.54) is 18.3 Å². The van der Waals surface area contributed by atoms with E-state index in [2.05, 4.69) is 0 Å². The second-order valence-electron chi connectivity index (χ2n) is 2.64. The molecule has 1 aromatic carbocycles. The first kappa shape index (κ1) is 11.6. The molecule has 0 spiro atoms. The molecule has 76 valence electrons. The molecule has 0 aliphatic carbocycles. The minimum Gasteiger partial charge on any atom is -0.269 e. The molecule has 0 aliphatic rings. The van der Waals surface area contributed by atoms with Crippen molar-refractivity contribution in [3.8, 4) is 6.19 Å². The zero-order valence-corrected chi connectivity index (χ0v) is 9.01. The van der Waals surface area contributed by atoms with Crippen LogP contribution in [0.2, 0.25) is 10.0 Å². The van der Waals surface area contributed by atoms with Crippen LogP contribution in [-0.2, 0) is 4.79 Å². The molecule has 0 unspecified atom stereocenters. The van der Waals surface area contributed by atoms with Crippen LogP contribution in [0.15, 0.2) is 24.3 Å². The number of amides is 1. The van der Waals surface area contributed by atoms with Crippen molar-refractivity contribution in [2.24, 2.45) is 0 Å². The second-order valence-corrected chi connectivity index (χ2v) is 3.51. The van der Waals surface area contributed by atoms with Gasteiger partial charge in [0.05, 0.1) is 0 Å². The van der Waals surface area contributed by atoms with Crippen molar-refractivity contribution in [1.29, 1.82) is 5.26 Å². The molecule has 1 N–H and O–H groups in total. The maximum Gasteiger partial charge on any atom is 0.256 e. The Hall–Kier alpha value is -1.50. The number of nitrogens with one attached hydrogen (secondary N) is 1. The van der Waals surface area contributed by atoms with Gasteiger partial charge in [0.1, 0.15) is 0 Å². The Kier molecular flexibility index (Phi) is 4.17.